The molecule has 1 aromatic heterocycles. The lowest BCUT2D eigenvalue weighted by Crippen LogP contribution is -2.38. The summed E-state index contributed by atoms with van der Waals surface area (Å²) in [7, 11) is 0. The molecule has 3 rings (SSSR count). The molecule has 3 aromatic rings. The van der Waals surface area contributed by atoms with Gasteiger partial charge in [-0.1, -0.05) is 35.9 Å². The molecule has 1 heterocycles. The van der Waals surface area contributed by atoms with Gasteiger partial charge < -0.3 is 14.6 Å². The highest BCUT2D eigenvalue weighted by molar-refractivity contribution is 6.33. The zero-order valence-corrected chi connectivity index (χ0v) is 18.4. The number of nitrogens with zero attached hydrogens (tertiary/aromatic N) is 2. The van der Waals surface area contributed by atoms with Crippen LogP contribution >= 0.6 is 11.6 Å². The minimum absolute atomic E-state index is 0.0166. The maximum absolute atomic E-state index is 13.1. The van der Waals surface area contributed by atoms with Crippen LogP contribution in [-0.2, 0) is 22.2 Å². The van der Waals surface area contributed by atoms with E-state index in [0.717, 1.165) is 12.1 Å². The molecule has 10 heteroatoms. The first-order chi connectivity index (χ1) is 15.7. The Labute approximate surface area is 193 Å². The maximum atomic E-state index is 13.1. The van der Waals surface area contributed by atoms with E-state index in [9.17, 15) is 22.8 Å². The first kappa shape index (κ1) is 24.3. The van der Waals surface area contributed by atoms with Crippen molar-refractivity contribution in [1.82, 2.24) is 9.88 Å². The molecule has 0 aliphatic heterocycles. The Morgan fingerprint density at radius 1 is 1.12 bits per heavy atom. The summed E-state index contributed by atoms with van der Waals surface area (Å²) in [6.45, 7) is 1.51. The van der Waals surface area contributed by atoms with Crippen LogP contribution in [0, 0.1) is 0 Å². The van der Waals surface area contributed by atoms with Crippen molar-refractivity contribution in [3.63, 3.8) is 0 Å². The molecule has 0 spiro atoms. The molecular formula is C23H21ClF3N3O3. The number of rotatable bonds is 8. The van der Waals surface area contributed by atoms with E-state index in [1.165, 1.54) is 23.2 Å². The number of halogens is 4. The van der Waals surface area contributed by atoms with Crippen LogP contribution in [0.15, 0.2) is 59.1 Å². The van der Waals surface area contributed by atoms with E-state index in [1.54, 1.807) is 25.1 Å². The van der Waals surface area contributed by atoms with E-state index in [0.29, 0.717) is 22.2 Å². The Balaban J connectivity index is 1.58. The lowest BCUT2D eigenvalue weighted by atomic mass is 10.1. The molecule has 2 aromatic carbocycles. The maximum Gasteiger partial charge on any atom is 0.418 e. The quantitative estimate of drug-likeness (QED) is 0.467. The van der Waals surface area contributed by atoms with Crippen LogP contribution in [0.5, 0.6) is 0 Å². The third kappa shape index (κ3) is 6.35. The Morgan fingerprint density at radius 2 is 1.82 bits per heavy atom. The van der Waals surface area contributed by atoms with Gasteiger partial charge in [-0.2, -0.15) is 13.2 Å². The van der Waals surface area contributed by atoms with Gasteiger partial charge >= 0.3 is 6.18 Å². The number of carbonyl (C=O) groups is 2. The fraction of sp³-hybridized carbons (Fsp3) is 0.261. The summed E-state index contributed by atoms with van der Waals surface area (Å²) in [5.41, 5.74) is -0.633. The Hall–Kier alpha value is -3.33. The van der Waals surface area contributed by atoms with Gasteiger partial charge in [0.1, 0.15) is 0 Å². The molecule has 0 saturated heterocycles. The Morgan fingerprint density at radius 3 is 2.52 bits per heavy atom. The van der Waals surface area contributed by atoms with E-state index in [-0.39, 0.29) is 37.5 Å². The summed E-state index contributed by atoms with van der Waals surface area (Å²) < 4.78 is 45.0. The van der Waals surface area contributed by atoms with Crippen molar-refractivity contribution in [3.05, 3.63) is 71.2 Å². The van der Waals surface area contributed by atoms with E-state index in [1.807, 2.05) is 6.07 Å². The predicted octanol–water partition coefficient (Wildman–Crippen LogP) is 5.43. The molecule has 1 N–H and O–H groups in total. The number of hydrogen-bond acceptors (Lipinski definition) is 4. The van der Waals surface area contributed by atoms with Crippen molar-refractivity contribution in [3.8, 4) is 11.3 Å². The summed E-state index contributed by atoms with van der Waals surface area (Å²) >= 11 is 6.15. The molecule has 2 amide bonds. The number of carbonyl (C=O) groups excluding carboxylic acids is 2. The Bertz CT molecular complexity index is 1130. The molecule has 0 saturated carbocycles. The van der Waals surface area contributed by atoms with Crippen molar-refractivity contribution in [2.45, 2.75) is 25.9 Å². The van der Waals surface area contributed by atoms with Gasteiger partial charge in [-0.05, 0) is 31.2 Å². The van der Waals surface area contributed by atoms with Gasteiger partial charge in [0, 0.05) is 24.9 Å². The monoisotopic (exact) mass is 479 g/mol. The second-order valence-corrected chi connectivity index (χ2v) is 7.50. The van der Waals surface area contributed by atoms with E-state index >= 15 is 0 Å². The molecule has 33 heavy (non-hydrogen) atoms. The van der Waals surface area contributed by atoms with Gasteiger partial charge in [-0.25, -0.2) is 4.98 Å². The number of likely N-dealkylation sites (N-methyl/N-ethyl adjacent to an activating group) is 1. The molecule has 0 unspecified atom stereocenters. The lowest BCUT2D eigenvalue weighted by Gasteiger charge is -2.21. The van der Waals surface area contributed by atoms with Crippen molar-refractivity contribution >= 4 is 29.1 Å². The average molecular weight is 480 g/mol. The second kappa shape index (κ2) is 10.5. The SMILES string of the molecule is CCN(CC(=O)Nc1ccccc1C(F)(F)F)C(=O)CCc1ncc(-c2ccccc2Cl)o1. The van der Waals surface area contributed by atoms with Gasteiger partial charge in [0.15, 0.2) is 11.7 Å². The molecule has 6 nitrogen and oxygen atoms in total. The van der Waals surface area contributed by atoms with Crippen molar-refractivity contribution in [1.29, 1.82) is 0 Å². The molecule has 0 fully saturated rings. The van der Waals surface area contributed by atoms with Crippen LogP contribution in [0.1, 0.15) is 24.8 Å². The minimum Gasteiger partial charge on any atom is -0.441 e. The first-order valence-electron chi connectivity index (χ1n) is 10.1. The summed E-state index contributed by atoms with van der Waals surface area (Å²) in [6.07, 6.45) is -2.88. The van der Waals surface area contributed by atoms with E-state index < -0.39 is 17.6 Å². The zero-order chi connectivity index (χ0) is 24.0. The van der Waals surface area contributed by atoms with Crippen molar-refractivity contribution in [2.24, 2.45) is 0 Å². The third-order valence-corrected chi connectivity index (χ3v) is 5.15. The number of aromatic nitrogens is 1. The van der Waals surface area contributed by atoms with Gasteiger partial charge in [0.05, 0.1) is 29.0 Å². The topological polar surface area (TPSA) is 75.4 Å². The summed E-state index contributed by atoms with van der Waals surface area (Å²) in [6, 6.07) is 11.8. The number of benzene rings is 2. The molecule has 0 aliphatic rings. The highest BCUT2D eigenvalue weighted by Gasteiger charge is 2.33. The van der Waals surface area contributed by atoms with Crippen LogP contribution in [0.2, 0.25) is 5.02 Å². The number of aryl methyl sites for hydroxylation is 1. The summed E-state index contributed by atoms with van der Waals surface area (Å²) in [5, 5.41) is 2.75. The molecule has 174 valence electrons. The van der Waals surface area contributed by atoms with Gasteiger partial charge in [0.25, 0.3) is 0 Å². The molecule has 0 radical (unpaired) electrons. The molecule has 0 atom stereocenters. The summed E-state index contributed by atoms with van der Waals surface area (Å²) in [5.74, 6) is -0.274. The van der Waals surface area contributed by atoms with E-state index in [4.69, 9.17) is 16.0 Å². The zero-order valence-electron chi connectivity index (χ0n) is 17.7. The number of amides is 2. The normalized spacial score (nSPS) is 11.3. The summed E-state index contributed by atoms with van der Waals surface area (Å²) in [4.78, 5) is 30.3. The fourth-order valence-electron chi connectivity index (χ4n) is 3.16. The van der Waals surface area contributed by atoms with Gasteiger partial charge in [0.2, 0.25) is 11.8 Å². The van der Waals surface area contributed by atoms with Gasteiger partial charge in [-0.3, -0.25) is 9.59 Å². The molecular weight excluding hydrogens is 459 g/mol. The van der Waals surface area contributed by atoms with Crippen LogP contribution in [0.25, 0.3) is 11.3 Å². The van der Waals surface area contributed by atoms with E-state index in [2.05, 4.69) is 10.3 Å². The number of oxazole rings is 1. The molecule has 0 bridgehead atoms. The van der Waals surface area contributed by atoms with Crippen LogP contribution in [0.4, 0.5) is 18.9 Å². The van der Waals surface area contributed by atoms with Gasteiger partial charge in [-0.15, -0.1) is 0 Å². The van der Waals surface area contributed by atoms with Crippen LogP contribution < -0.4 is 5.32 Å². The standard InChI is InChI=1S/C23H21ClF3N3O3/c1-2-30(14-20(31)29-18-10-6-4-8-16(18)23(25,26)27)22(32)12-11-21-28-13-19(33-21)15-7-3-5-9-17(15)24/h3-10,13H,2,11-12,14H2,1H3,(H,29,31). The van der Waals surface area contributed by atoms with Crippen molar-refractivity contribution in [2.75, 3.05) is 18.4 Å². The number of nitrogens with one attached hydrogen (secondary N) is 1. The lowest BCUT2D eigenvalue weighted by molar-refractivity contribution is -0.137. The van der Waals surface area contributed by atoms with Crippen LogP contribution in [0.3, 0.4) is 0 Å². The number of hydrogen-bond donors (Lipinski definition) is 1. The smallest absolute Gasteiger partial charge is 0.418 e. The Kier molecular flexibility index (Phi) is 7.75. The number of alkyl halides is 3. The third-order valence-electron chi connectivity index (χ3n) is 4.82. The minimum atomic E-state index is -4.61. The highest BCUT2D eigenvalue weighted by atomic mass is 35.5. The van der Waals surface area contributed by atoms with Crippen LogP contribution in [-0.4, -0.2) is 34.8 Å². The second-order valence-electron chi connectivity index (χ2n) is 7.10. The highest BCUT2D eigenvalue weighted by Crippen LogP contribution is 2.34. The first-order valence-corrected chi connectivity index (χ1v) is 10.5. The predicted molar refractivity (Wildman–Crippen MR) is 118 cm³/mol. The fourth-order valence-corrected chi connectivity index (χ4v) is 3.39. The number of para-hydroxylation sites is 1. The largest absolute Gasteiger partial charge is 0.441 e. The average Bonchev–Trinajstić information content (AvgIpc) is 3.24. The molecule has 0 aliphatic carbocycles. The number of anilines is 1. The van der Waals surface area contributed by atoms with Crippen molar-refractivity contribution < 1.29 is 27.2 Å².